The van der Waals surface area contributed by atoms with E-state index in [9.17, 15) is 4.79 Å². The topological polar surface area (TPSA) is 59.8 Å². The fourth-order valence-corrected chi connectivity index (χ4v) is 2.91. The van der Waals surface area contributed by atoms with E-state index in [4.69, 9.17) is 11.6 Å². The first-order valence-electron chi connectivity index (χ1n) is 7.84. The highest BCUT2D eigenvalue weighted by Gasteiger charge is 2.17. The Kier molecular flexibility index (Phi) is 4.53. The van der Waals surface area contributed by atoms with Crippen LogP contribution in [0.1, 0.15) is 29.9 Å². The largest absolute Gasteiger partial charge is 0.308 e. The maximum atomic E-state index is 12.5. The van der Waals surface area contributed by atoms with Gasteiger partial charge in [0.05, 0.1) is 16.1 Å². The highest BCUT2D eigenvalue weighted by molar-refractivity contribution is 6.35. The summed E-state index contributed by atoms with van der Waals surface area (Å²) in [5, 5.41) is 3.53. The molecule has 0 atom stereocenters. The lowest BCUT2D eigenvalue weighted by atomic mass is 10.2. The third-order valence-corrected chi connectivity index (χ3v) is 3.95. The van der Waals surface area contributed by atoms with Crippen molar-refractivity contribution in [3.63, 3.8) is 0 Å². The van der Waals surface area contributed by atoms with Crippen molar-refractivity contribution in [1.29, 1.82) is 0 Å². The van der Waals surface area contributed by atoms with E-state index in [1.54, 1.807) is 18.3 Å². The second-order valence-corrected chi connectivity index (χ2v) is 6.59. The number of benzene rings is 1. The number of carbonyl (C=O) groups excluding carboxylic acids is 1. The minimum absolute atomic E-state index is 0.211. The Morgan fingerprint density at radius 1 is 1.33 bits per heavy atom. The Bertz CT molecular complexity index is 901. The number of halogens is 1. The van der Waals surface area contributed by atoms with Gasteiger partial charge in [-0.25, -0.2) is 4.98 Å². The molecule has 1 N–H and O–H groups in total. The maximum Gasteiger partial charge on any atom is 0.258 e. The van der Waals surface area contributed by atoms with E-state index in [1.807, 2.05) is 29.7 Å². The first kappa shape index (κ1) is 16.5. The summed E-state index contributed by atoms with van der Waals surface area (Å²) in [6, 6.07) is 9.02. The molecule has 3 rings (SSSR count). The van der Waals surface area contributed by atoms with Gasteiger partial charge in [-0.05, 0) is 37.1 Å². The predicted octanol–water partition coefficient (Wildman–Crippen LogP) is 4.30. The lowest BCUT2D eigenvalue weighted by Crippen LogP contribution is -2.17. The number of pyridine rings is 1. The van der Waals surface area contributed by atoms with Crippen LogP contribution in [0.3, 0.4) is 0 Å². The molecule has 2 aromatic heterocycles. The molecule has 0 radical (unpaired) electrons. The molecule has 1 aromatic carbocycles. The number of amides is 1. The van der Waals surface area contributed by atoms with Crippen LogP contribution in [0.2, 0.25) is 5.02 Å². The van der Waals surface area contributed by atoms with Gasteiger partial charge in [-0.3, -0.25) is 15.1 Å². The number of imidazole rings is 1. The fraction of sp³-hybridized carbons (Fsp3) is 0.278. The summed E-state index contributed by atoms with van der Waals surface area (Å²) >= 11 is 6.35. The van der Waals surface area contributed by atoms with Crippen LogP contribution in [-0.4, -0.2) is 20.4 Å². The summed E-state index contributed by atoms with van der Waals surface area (Å²) in [6.45, 7) is 6.79. The zero-order valence-electron chi connectivity index (χ0n) is 13.9. The van der Waals surface area contributed by atoms with E-state index < -0.39 is 0 Å². The summed E-state index contributed by atoms with van der Waals surface area (Å²) in [7, 11) is 0. The van der Waals surface area contributed by atoms with Crippen LogP contribution in [0, 0.1) is 12.8 Å². The standard InChI is InChI=1S/C18H19ClN4O/c1-11(2)10-23-16-14(19)5-4-6-15(16)21-18(23)22-17(24)13-7-8-20-12(3)9-13/h4-9,11H,10H2,1-3H3,(H,21,22,24). The quantitative estimate of drug-likeness (QED) is 0.768. The number of fused-ring (bicyclic) bond motifs is 1. The summed E-state index contributed by atoms with van der Waals surface area (Å²) < 4.78 is 1.97. The van der Waals surface area contributed by atoms with Crippen molar-refractivity contribution in [2.75, 3.05) is 5.32 Å². The summed E-state index contributed by atoms with van der Waals surface area (Å²) in [5.74, 6) is 0.681. The van der Waals surface area contributed by atoms with E-state index in [0.29, 0.717) is 29.0 Å². The van der Waals surface area contributed by atoms with E-state index in [1.165, 1.54) is 0 Å². The number of rotatable bonds is 4. The number of anilines is 1. The average Bonchev–Trinajstić information content (AvgIpc) is 2.85. The minimum atomic E-state index is -0.211. The fourth-order valence-electron chi connectivity index (χ4n) is 2.64. The van der Waals surface area contributed by atoms with E-state index in [2.05, 4.69) is 29.1 Å². The average molecular weight is 343 g/mol. The van der Waals surface area contributed by atoms with Crippen molar-refractivity contribution in [2.45, 2.75) is 27.3 Å². The monoisotopic (exact) mass is 342 g/mol. The number of para-hydroxylation sites is 1. The van der Waals surface area contributed by atoms with Crippen LogP contribution in [0.15, 0.2) is 36.5 Å². The molecule has 1 amide bonds. The van der Waals surface area contributed by atoms with Crippen molar-refractivity contribution in [3.05, 3.63) is 52.8 Å². The lowest BCUT2D eigenvalue weighted by Gasteiger charge is -2.13. The number of carbonyl (C=O) groups is 1. The van der Waals surface area contributed by atoms with Gasteiger partial charge in [-0.15, -0.1) is 0 Å². The van der Waals surface area contributed by atoms with Crippen molar-refractivity contribution in [1.82, 2.24) is 14.5 Å². The molecule has 0 saturated carbocycles. The van der Waals surface area contributed by atoms with Crippen molar-refractivity contribution >= 4 is 34.5 Å². The number of aryl methyl sites for hydroxylation is 1. The van der Waals surface area contributed by atoms with Crippen LogP contribution in [-0.2, 0) is 6.54 Å². The molecule has 6 heteroatoms. The summed E-state index contributed by atoms with van der Waals surface area (Å²) in [6.07, 6.45) is 1.62. The summed E-state index contributed by atoms with van der Waals surface area (Å²) in [4.78, 5) is 21.2. The van der Waals surface area contributed by atoms with Gasteiger partial charge in [0.25, 0.3) is 5.91 Å². The summed E-state index contributed by atoms with van der Waals surface area (Å²) in [5.41, 5.74) is 2.96. The molecular formula is C18H19ClN4O. The first-order chi connectivity index (χ1) is 11.5. The molecule has 0 aliphatic rings. The SMILES string of the molecule is Cc1cc(C(=O)Nc2nc3cccc(Cl)c3n2CC(C)C)ccn1. The van der Waals surface area contributed by atoms with Crippen molar-refractivity contribution in [3.8, 4) is 0 Å². The zero-order valence-corrected chi connectivity index (χ0v) is 14.6. The van der Waals surface area contributed by atoms with Gasteiger partial charge in [-0.2, -0.15) is 0 Å². The molecule has 3 aromatic rings. The zero-order chi connectivity index (χ0) is 17.3. The van der Waals surface area contributed by atoms with Crippen LogP contribution in [0.5, 0.6) is 0 Å². The molecule has 0 fully saturated rings. The highest BCUT2D eigenvalue weighted by Crippen LogP contribution is 2.28. The van der Waals surface area contributed by atoms with Gasteiger partial charge in [0.1, 0.15) is 0 Å². The molecule has 0 aliphatic carbocycles. The number of hydrogen-bond acceptors (Lipinski definition) is 3. The molecule has 0 aliphatic heterocycles. The number of nitrogens with zero attached hydrogens (tertiary/aromatic N) is 3. The first-order valence-corrected chi connectivity index (χ1v) is 8.22. The number of aromatic nitrogens is 3. The van der Waals surface area contributed by atoms with E-state index in [0.717, 1.165) is 16.7 Å². The molecule has 24 heavy (non-hydrogen) atoms. The van der Waals surface area contributed by atoms with Crippen LogP contribution >= 0.6 is 11.6 Å². The Morgan fingerprint density at radius 3 is 2.83 bits per heavy atom. The normalized spacial score (nSPS) is 11.2. The molecular weight excluding hydrogens is 324 g/mol. The van der Waals surface area contributed by atoms with Gasteiger partial charge in [0.15, 0.2) is 0 Å². The lowest BCUT2D eigenvalue weighted by molar-refractivity contribution is 0.102. The van der Waals surface area contributed by atoms with Gasteiger partial charge in [0, 0.05) is 24.0 Å². The van der Waals surface area contributed by atoms with Crippen molar-refractivity contribution in [2.24, 2.45) is 5.92 Å². The molecule has 0 spiro atoms. The van der Waals surface area contributed by atoms with Crippen LogP contribution < -0.4 is 5.32 Å². The number of hydrogen-bond donors (Lipinski definition) is 1. The molecule has 0 saturated heterocycles. The Balaban J connectivity index is 2.02. The van der Waals surface area contributed by atoms with E-state index in [-0.39, 0.29) is 5.91 Å². The molecule has 0 unspecified atom stereocenters. The Labute approximate surface area is 145 Å². The maximum absolute atomic E-state index is 12.5. The Hall–Kier alpha value is -2.40. The molecule has 2 heterocycles. The molecule has 5 nitrogen and oxygen atoms in total. The minimum Gasteiger partial charge on any atom is -0.308 e. The second-order valence-electron chi connectivity index (χ2n) is 6.19. The third kappa shape index (κ3) is 3.26. The van der Waals surface area contributed by atoms with Gasteiger partial charge in [0.2, 0.25) is 5.95 Å². The van der Waals surface area contributed by atoms with Gasteiger partial charge < -0.3 is 4.57 Å². The third-order valence-electron chi connectivity index (χ3n) is 3.65. The highest BCUT2D eigenvalue weighted by atomic mass is 35.5. The smallest absolute Gasteiger partial charge is 0.258 e. The Morgan fingerprint density at radius 2 is 2.12 bits per heavy atom. The second kappa shape index (κ2) is 6.61. The molecule has 124 valence electrons. The number of nitrogens with one attached hydrogen (secondary N) is 1. The van der Waals surface area contributed by atoms with Crippen molar-refractivity contribution < 1.29 is 4.79 Å². The predicted molar refractivity (Wildman–Crippen MR) is 96.5 cm³/mol. The van der Waals surface area contributed by atoms with Crippen LogP contribution in [0.25, 0.3) is 11.0 Å². The van der Waals surface area contributed by atoms with Crippen LogP contribution in [0.4, 0.5) is 5.95 Å². The van der Waals surface area contributed by atoms with Gasteiger partial charge >= 0.3 is 0 Å². The van der Waals surface area contributed by atoms with Gasteiger partial charge in [-0.1, -0.05) is 31.5 Å². The molecule has 0 bridgehead atoms. The van der Waals surface area contributed by atoms with E-state index >= 15 is 0 Å².